The molecule has 8 nitrogen and oxygen atoms in total. The van der Waals surface area contributed by atoms with Crippen LogP contribution >= 0.6 is 0 Å². The smallest absolute Gasteiger partial charge is 0.213 e. The number of aromatic nitrogens is 6. The molecule has 0 aliphatic rings. The maximum atomic E-state index is 13.2. The zero-order valence-corrected chi connectivity index (χ0v) is 13.3. The lowest BCUT2D eigenvalue weighted by Crippen LogP contribution is -2.08. The van der Waals surface area contributed by atoms with E-state index < -0.39 is 5.95 Å². The predicted octanol–water partition coefficient (Wildman–Crippen LogP) is 2.27. The molecule has 0 aliphatic carbocycles. The predicted molar refractivity (Wildman–Crippen MR) is 87.3 cm³/mol. The number of carbonyl (C=O) groups is 1. The molecule has 0 spiro atoms. The number of Topliss-reactive ketones (excluding diaryl/α,β-unsaturated/α-hetero) is 1. The van der Waals surface area contributed by atoms with E-state index in [4.69, 9.17) is 4.74 Å². The number of rotatable bonds is 5. The van der Waals surface area contributed by atoms with Crippen molar-refractivity contribution in [2.75, 3.05) is 0 Å². The van der Waals surface area contributed by atoms with Crippen LogP contribution in [0.25, 0.3) is 5.65 Å². The molecule has 0 amide bonds. The Morgan fingerprint density at radius 3 is 2.85 bits per heavy atom. The summed E-state index contributed by atoms with van der Waals surface area (Å²) in [5, 5.41) is 7.78. The van der Waals surface area contributed by atoms with Crippen LogP contribution in [-0.2, 0) is 6.42 Å². The van der Waals surface area contributed by atoms with Crippen LogP contribution in [0.3, 0.4) is 0 Å². The van der Waals surface area contributed by atoms with Crippen LogP contribution in [0.5, 0.6) is 11.5 Å². The summed E-state index contributed by atoms with van der Waals surface area (Å²) in [6.07, 6.45) is 7.42. The van der Waals surface area contributed by atoms with Crippen molar-refractivity contribution in [1.82, 2.24) is 29.5 Å². The van der Waals surface area contributed by atoms with Crippen LogP contribution in [0, 0.1) is 5.95 Å². The van der Waals surface area contributed by atoms with Gasteiger partial charge in [-0.1, -0.05) is 6.07 Å². The number of hydrogen-bond acceptors (Lipinski definition) is 7. The average Bonchev–Trinajstić information content (AvgIpc) is 3.10. The van der Waals surface area contributed by atoms with E-state index in [1.165, 1.54) is 37.2 Å². The van der Waals surface area contributed by atoms with E-state index in [9.17, 15) is 9.18 Å². The molecule has 0 N–H and O–H groups in total. The molecule has 0 bridgehead atoms. The largest absolute Gasteiger partial charge is 0.453 e. The number of ketones is 1. The summed E-state index contributed by atoms with van der Waals surface area (Å²) < 4.78 is 20.5. The van der Waals surface area contributed by atoms with Crippen LogP contribution in [-0.4, -0.2) is 35.3 Å². The van der Waals surface area contributed by atoms with Gasteiger partial charge in [0.1, 0.15) is 18.4 Å². The minimum absolute atomic E-state index is 0.0712. The number of fused-ring (bicyclic) bond motifs is 1. The molecule has 0 aliphatic heterocycles. The van der Waals surface area contributed by atoms with Gasteiger partial charge in [0.15, 0.2) is 17.2 Å². The quantitative estimate of drug-likeness (QED) is 0.402. The van der Waals surface area contributed by atoms with Gasteiger partial charge in [0.05, 0.1) is 36.3 Å². The van der Waals surface area contributed by atoms with Gasteiger partial charge in [0.25, 0.3) is 0 Å². The summed E-state index contributed by atoms with van der Waals surface area (Å²) in [6.45, 7) is 0. The third-order valence-electron chi connectivity index (χ3n) is 3.55. The first-order chi connectivity index (χ1) is 12.7. The fraction of sp³-hybridized carbons (Fsp3) is 0.0588. The lowest BCUT2D eigenvalue weighted by Gasteiger charge is -2.08. The maximum absolute atomic E-state index is 13.2. The molecule has 0 fully saturated rings. The highest BCUT2D eigenvalue weighted by atomic mass is 19.1. The Labute approximate surface area is 146 Å². The Kier molecular flexibility index (Phi) is 4.02. The second-order valence-corrected chi connectivity index (χ2v) is 5.38. The highest BCUT2D eigenvalue weighted by Gasteiger charge is 2.16. The van der Waals surface area contributed by atoms with Crippen molar-refractivity contribution in [2.24, 2.45) is 0 Å². The van der Waals surface area contributed by atoms with Gasteiger partial charge in [-0.25, -0.2) is 15.0 Å². The Balaban J connectivity index is 1.69. The van der Waals surface area contributed by atoms with E-state index in [1.54, 1.807) is 22.7 Å². The lowest BCUT2D eigenvalue weighted by atomic mass is 10.1. The molecule has 0 aromatic carbocycles. The van der Waals surface area contributed by atoms with Gasteiger partial charge in [0.2, 0.25) is 5.95 Å². The topological polar surface area (TPSA) is 95.2 Å². The SMILES string of the molecule is O=C(Cc1cccc(F)n1)c1cc(Oc2cncnc2)cn2cnnc12. The van der Waals surface area contributed by atoms with Gasteiger partial charge in [-0.3, -0.25) is 9.20 Å². The molecule has 26 heavy (non-hydrogen) atoms. The highest BCUT2D eigenvalue weighted by Crippen LogP contribution is 2.23. The summed E-state index contributed by atoms with van der Waals surface area (Å²) in [5.41, 5.74) is 1.00. The minimum Gasteiger partial charge on any atom is -0.453 e. The molecular weight excluding hydrogens is 339 g/mol. The van der Waals surface area contributed by atoms with Crippen molar-refractivity contribution in [3.05, 3.63) is 72.7 Å². The summed E-state index contributed by atoms with van der Waals surface area (Å²) >= 11 is 0. The van der Waals surface area contributed by atoms with Crippen molar-refractivity contribution in [3.8, 4) is 11.5 Å². The summed E-state index contributed by atoms with van der Waals surface area (Å²) in [5.74, 6) is -0.104. The number of nitrogens with zero attached hydrogens (tertiary/aromatic N) is 6. The maximum Gasteiger partial charge on any atom is 0.213 e. The van der Waals surface area contributed by atoms with Gasteiger partial charge >= 0.3 is 0 Å². The molecule has 0 atom stereocenters. The fourth-order valence-corrected chi connectivity index (χ4v) is 2.45. The standard InChI is InChI=1S/C17H11FN6O2/c18-16-3-1-2-11(22-16)4-15(25)14-5-12(8-24-10-21-23-17(14)24)26-13-6-19-9-20-7-13/h1-3,5-10H,4H2. The first-order valence-corrected chi connectivity index (χ1v) is 7.60. The molecule has 0 radical (unpaired) electrons. The van der Waals surface area contributed by atoms with Crippen molar-refractivity contribution < 1.29 is 13.9 Å². The Morgan fingerprint density at radius 2 is 2.04 bits per heavy atom. The number of carbonyl (C=O) groups excluding carboxylic acids is 1. The normalized spacial score (nSPS) is 10.8. The second kappa shape index (κ2) is 6.63. The third kappa shape index (κ3) is 3.22. The number of hydrogen-bond donors (Lipinski definition) is 0. The first kappa shape index (κ1) is 15.8. The van der Waals surface area contributed by atoms with Crippen LogP contribution < -0.4 is 4.74 Å². The van der Waals surface area contributed by atoms with E-state index in [1.807, 2.05) is 0 Å². The van der Waals surface area contributed by atoms with Gasteiger partial charge < -0.3 is 4.74 Å². The molecule has 0 unspecified atom stereocenters. The van der Waals surface area contributed by atoms with E-state index in [-0.39, 0.29) is 12.2 Å². The van der Waals surface area contributed by atoms with Gasteiger partial charge in [-0.2, -0.15) is 4.39 Å². The van der Waals surface area contributed by atoms with Gasteiger partial charge in [-0.05, 0) is 18.2 Å². The molecule has 128 valence electrons. The Hall–Kier alpha value is -3.75. The van der Waals surface area contributed by atoms with Crippen molar-refractivity contribution in [2.45, 2.75) is 6.42 Å². The lowest BCUT2D eigenvalue weighted by molar-refractivity contribution is 0.0992. The van der Waals surface area contributed by atoms with Gasteiger partial charge in [-0.15, -0.1) is 10.2 Å². The summed E-state index contributed by atoms with van der Waals surface area (Å²) in [6, 6.07) is 5.87. The number of pyridine rings is 2. The van der Waals surface area contributed by atoms with Crippen LogP contribution in [0.1, 0.15) is 16.1 Å². The van der Waals surface area contributed by atoms with Crippen molar-refractivity contribution in [3.63, 3.8) is 0 Å². The van der Waals surface area contributed by atoms with E-state index in [2.05, 4.69) is 25.1 Å². The van der Waals surface area contributed by atoms with Crippen LogP contribution in [0.15, 0.2) is 55.5 Å². The molecule has 4 rings (SSSR count). The van der Waals surface area contributed by atoms with Crippen LogP contribution in [0.2, 0.25) is 0 Å². The molecule has 4 aromatic rings. The molecule has 4 heterocycles. The first-order valence-electron chi connectivity index (χ1n) is 7.60. The van der Waals surface area contributed by atoms with Crippen molar-refractivity contribution in [1.29, 1.82) is 0 Å². The van der Waals surface area contributed by atoms with E-state index in [0.29, 0.717) is 28.4 Å². The highest BCUT2D eigenvalue weighted by molar-refractivity contribution is 6.02. The third-order valence-corrected chi connectivity index (χ3v) is 3.55. The summed E-state index contributed by atoms with van der Waals surface area (Å²) in [4.78, 5) is 24.2. The number of ether oxygens (including phenoxy) is 1. The average molecular weight is 350 g/mol. The molecule has 0 saturated carbocycles. The second-order valence-electron chi connectivity index (χ2n) is 5.38. The van der Waals surface area contributed by atoms with Crippen LogP contribution in [0.4, 0.5) is 4.39 Å². The molecule has 4 aromatic heterocycles. The van der Waals surface area contributed by atoms with Gasteiger partial charge in [0, 0.05) is 0 Å². The summed E-state index contributed by atoms with van der Waals surface area (Å²) in [7, 11) is 0. The zero-order chi connectivity index (χ0) is 17.9. The molecule has 0 saturated heterocycles. The monoisotopic (exact) mass is 350 g/mol. The Morgan fingerprint density at radius 1 is 1.19 bits per heavy atom. The fourth-order valence-electron chi connectivity index (χ4n) is 2.45. The minimum atomic E-state index is -0.635. The zero-order valence-electron chi connectivity index (χ0n) is 13.3. The molecule has 9 heteroatoms. The molecular formula is C17H11FN6O2. The van der Waals surface area contributed by atoms with Crippen molar-refractivity contribution >= 4 is 11.4 Å². The Bertz CT molecular complexity index is 1080. The number of halogens is 1. The van der Waals surface area contributed by atoms with E-state index in [0.717, 1.165) is 0 Å². The van der Waals surface area contributed by atoms with E-state index >= 15 is 0 Å².